The van der Waals surface area contributed by atoms with Gasteiger partial charge in [-0.2, -0.15) is 0 Å². The highest BCUT2D eigenvalue weighted by Gasteiger charge is 2.46. The normalized spacial score (nSPS) is 12.6. The van der Waals surface area contributed by atoms with Gasteiger partial charge in [0.05, 0.1) is 16.8 Å². The van der Waals surface area contributed by atoms with Crippen LogP contribution in [0.15, 0.2) is 243 Å². The van der Waals surface area contributed by atoms with E-state index >= 15 is 0 Å². The zero-order chi connectivity index (χ0) is 41.7. The Hall–Kier alpha value is -8.20. The van der Waals surface area contributed by atoms with Crippen LogP contribution in [0.4, 0.5) is 0 Å². The lowest BCUT2D eigenvalue weighted by Gasteiger charge is -2.34. The van der Waals surface area contributed by atoms with Gasteiger partial charge in [0.15, 0.2) is 5.82 Å². The van der Waals surface area contributed by atoms with Gasteiger partial charge in [0, 0.05) is 16.7 Å². The van der Waals surface area contributed by atoms with Gasteiger partial charge in [-0.1, -0.05) is 218 Å². The van der Waals surface area contributed by atoms with Crippen LogP contribution < -0.4 is 0 Å². The lowest BCUT2D eigenvalue weighted by atomic mass is 9.67. The number of aromatic nitrogens is 2. The van der Waals surface area contributed by atoms with E-state index in [1.165, 1.54) is 71.8 Å². The molecule has 0 spiro atoms. The van der Waals surface area contributed by atoms with Gasteiger partial charge in [0.25, 0.3) is 0 Å². The Balaban J connectivity index is 1.04. The molecule has 12 rings (SSSR count). The predicted octanol–water partition coefficient (Wildman–Crippen LogP) is 15.5. The quantitative estimate of drug-likeness (QED) is 0.160. The Morgan fingerprint density at radius 2 is 0.730 bits per heavy atom. The average Bonchev–Trinajstić information content (AvgIpc) is 3.65. The lowest BCUT2D eigenvalue weighted by Crippen LogP contribution is -2.28. The minimum atomic E-state index is -0.520. The third-order valence-corrected chi connectivity index (χ3v) is 13.0. The Morgan fingerprint density at radius 3 is 1.40 bits per heavy atom. The van der Waals surface area contributed by atoms with Gasteiger partial charge in [0.2, 0.25) is 0 Å². The molecule has 63 heavy (non-hydrogen) atoms. The molecular weight excluding hydrogens is 761 g/mol. The van der Waals surface area contributed by atoms with Gasteiger partial charge in [-0.05, 0) is 101 Å². The average molecular weight is 801 g/mol. The van der Waals surface area contributed by atoms with E-state index < -0.39 is 5.41 Å². The van der Waals surface area contributed by atoms with E-state index in [0.717, 1.165) is 33.5 Å². The Kier molecular flexibility index (Phi) is 8.76. The summed E-state index contributed by atoms with van der Waals surface area (Å²) in [5.41, 5.74) is 16.7. The summed E-state index contributed by atoms with van der Waals surface area (Å²) in [5.74, 6) is 0.701. The van der Waals surface area contributed by atoms with E-state index in [-0.39, 0.29) is 0 Å². The lowest BCUT2D eigenvalue weighted by molar-refractivity contribution is 0.770. The maximum absolute atomic E-state index is 5.29. The highest BCUT2D eigenvalue weighted by atomic mass is 14.9. The van der Waals surface area contributed by atoms with Gasteiger partial charge in [0.1, 0.15) is 0 Å². The van der Waals surface area contributed by atoms with Crippen LogP contribution in [-0.4, -0.2) is 9.97 Å². The van der Waals surface area contributed by atoms with Gasteiger partial charge in [-0.25, -0.2) is 9.97 Å². The summed E-state index contributed by atoms with van der Waals surface area (Å²) in [5, 5.41) is 4.81. The fraction of sp³-hybridized carbons (Fsp3) is 0.0164. The van der Waals surface area contributed by atoms with Gasteiger partial charge in [-0.3, -0.25) is 0 Å². The minimum absolute atomic E-state index is 0.520. The van der Waals surface area contributed by atoms with Crippen LogP contribution in [0.1, 0.15) is 22.3 Å². The van der Waals surface area contributed by atoms with Crippen LogP contribution >= 0.6 is 0 Å². The number of benzene rings is 10. The molecule has 294 valence electrons. The van der Waals surface area contributed by atoms with E-state index in [1.54, 1.807) is 0 Å². The second kappa shape index (κ2) is 15.1. The number of rotatable bonds is 7. The summed E-state index contributed by atoms with van der Waals surface area (Å²) in [4.78, 5) is 10.5. The number of nitrogens with zero attached hydrogens (tertiary/aromatic N) is 2. The molecule has 0 N–H and O–H groups in total. The van der Waals surface area contributed by atoms with Crippen molar-refractivity contribution in [2.24, 2.45) is 0 Å². The van der Waals surface area contributed by atoms with Crippen molar-refractivity contribution in [1.82, 2.24) is 9.97 Å². The van der Waals surface area contributed by atoms with Crippen LogP contribution in [0, 0.1) is 0 Å². The molecule has 0 fully saturated rings. The second-order valence-electron chi connectivity index (χ2n) is 16.5. The summed E-state index contributed by atoms with van der Waals surface area (Å²) in [6.07, 6.45) is 0. The maximum Gasteiger partial charge on any atom is 0.160 e. The SMILES string of the molecule is c1ccc(-c2ccc(-c3cc(-c4ccc(-c5ccc6c(c5)C(c5ccccc5)(c5ccccc5)c5cc7ccccc7cc5-6)c5ccccc45)nc(-c4ccccc4)n3)cc2)cc1. The van der Waals surface area contributed by atoms with Crippen molar-refractivity contribution in [2.75, 3.05) is 0 Å². The van der Waals surface area contributed by atoms with E-state index in [2.05, 4.69) is 224 Å². The van der Waals surface area contributed by atoms with Gasteiger partial charge >= 0.3 is 0 Å². The summed E-state index contributed by atoms with van der Waals surface area (Å²) in [6.45, 7) is 0. The summed E-state index contributed by atoms with van der Waals surface area (Å²) < 4.78 is 0. The van der Waals surface area contributed by atoms with Crippen molar-refractivity contribution in [1.29, 1.82) is 0 Å². The number of hydrogen-bond donors (Lipinski definition) is 0. The standard InChI is InChI=1S/C61H40N2/c1-5-17-41(18-6-1)42-29-31-43(32-30-42)58-40-59(63-60(62-58)44-19-7-2-8-20-44)54-36-35-50(51-27-15-16-28-52(51)54)47-33-34-53-55-37-45-21-13-14-22-46(45)38-57(55)61(56(53)39-47,48-23-9-3-10-24-48)49-25-11-4-12-26-49/h1-40H. The van der Waals surface area contributed by atoms with Gasteiger partial charge < -0.3 is 0 Å². The van der Waals surface area contributed by atoms with Crippen LogP contribution in [0.25, 0.3) is 88.8 Å². The maximum atomic E-state index is 5.29. The van der Waals surface area contributed by atoms with Crippen molar-refractivity contribution in [2.45, 2.75) is 5.41 Å². The predicted molar refractivity (Wildman–Crippen MR) is 262 cm³/mol. The first-order chi connectivity index (χ1) is 31.2. The molecule has 0 aliphatic heterocycles. The molecule has 2 heteroatoms. The molecular formula is C61H40N2. The Morgan fingerprint density at radius 1 is 0.270 bits per heavy atom. The molecule has 1 aromatic heterocycles. The molecule has 10 aromatic carbocycles. The summed E-state index contributed by atoms with van der Waals surface area (Å²) in [7, 11) is 0. The fourth-order valence-electron chi connectivity index (χ4n) is 10.0. The topological polar surface area (TPSA) is 25.8 Å². The molecule has 0 bridgehead atoms. The van der Waals surface area contributed by atoms with E-state index in [9.17, 15) is 0 Å². The van der Waals surface area contributed by atoms with E-state index in [1.807, 2.05) is 18.2 Å². The zero-order valence-electron chi connectivity index (χ0n) is 34.5. The van der Waals surface area contributed by atoms with Crippen molar-refractivity contribution in [3.63, 3.8) is 0 Å². The van der Waals surface area contributed by atoms with Gasteiger partial charge in [-0.15, -0.1) is 0 Å². The second-order valence-corrected chi connectivity index (χ2v) is 16.5. The molecule has 1 heterocycles. The highest BCUT2D eigenvalue weighted by molar-refractivity contribution is 6.06. The van der Waals surface area contributed by atoms with Crippen molar-refractivity contribution in [3.05, 3.63) is 265 Å². The molecule has 11 aromatic rings. The monoisotopic (exact) mass is 800 g/mol. The third kappa shape index (κ3) is 6.10. The zero-order valence-corrected chi connectivity index (χ0v) is 34.5. The smallest absolute Gasteiger partial charge is 0.160 e. The van der Waals surface area contributed by atoms with Crippen molar-refractivity contribution in [3.8, 4) is 67.3 Å². The number of hydrogen-bond acceptors (Lipinski definition) is 2. The number of fused-ring (bicyclic) bond motifs is 5. The van der Waals surface area contributed by atoms with E-state index in [0.29, 0.717) is 5.82 Å². The Labute approximate surface area is 367 Å². The molecule has 1 aliphatic carbocycles. The highest BCUT2D eigenvalue weighted by Crippen LogP contribution is 2.57. The minimum Gasteiger partial charge on any atom is -0.228 e. The van der Waals surface area contributed by atoms with Crippen molar-refractivity contribution < 1.29 is 0 Å². The molecule has 0 saturated heterocycles. The molecule has 0 amide bonds. The summed E-state index contributed by atoms with van der Waals surface area (Å²) in [6, 6.07) is 87.9. The first-order valence-electron chi connectivity index (χ1n) is 21.6. The van der Waals surface area contributed by atoms with E-state index in [4.69, 9.17) is 9.97 Å². The molecule has 0 atom stereocenters. The largest absolute Gasteiger partial charge is 0.228 e. The molecule has 0 radical (unpaired) electrons. The molecule has 2 nitrogen and oxygen atoms in total. The van der Waals surface area contributed by atoms with Crippen LogP contribution in [-0.2, 0) is 5.41 Å². The molecule has 1 aliphatic rings. The first-order valence-corrected chi connectivity index (χ1v) is 21.6. The first kappa shape index (κ1) is 36.6. The van der Waals surface area contributed by atoms with Crippen LogP contribution in [0.2, 0.25) is 0 Å². The van der Waals surface area contributed by atoms with Crippen LogP contribution in [0.5, 0.6) is 0 Å². The fourth-order valence-corrected chi connectivity index (χ4v) is 10.0. The summed E-state index contributed by atoms with van der Waals surface area (Å²) >= 11 is 0. The molecule has 0 saturated carbocycles. The van der Waals surface area contributed by atoms with Crippen molar-refractivity contribution >= 4 is 21.5 Å². The van der Waals surface area contributed by atoms with Crippen LogP contribution in [0.3, 0.4) is 0 Å². The Bertz CT molecular complexity index is 3430. The molecule has 0 unspecified atom stereocenters. The third-order valence-electron chi connectivity index (χ3n) is 13.0.